The summed E-state index contributed by atoms with van der Waals surface area (Å²) in [5, 5.41) is 4.12. The summed E-state index contributed by atoms with van der Waals surface area (Å²) >= 11 is 0. The second-order valence-electron chi connectivity index (χ2n) is 7.04. The first-order valence-electron chi connectivity index (χ1n) is 9.18. The summed E-state index contributed by atoms with van der Waals surface area (Å²) in [5.41, 5.74) is 8.24. The normalized spacial score (nSPS) is 19.8. The van der Waals surface area contributed by atoms with Crippen LogP contribution in [0.3, 0.4) is 0 Å². The van der Waals surface area contributed by atoms with E-state index in [4.69, 9.17) is 4.42 Å². The van der Waals surface area contributed by atoms with Gasteiger partial charge in [0.25, 0.3) is 5.91 Å². The van der Waals surface area contributed by atoms with Gasteiger partial charge >= 0.3 is 0 Å². The van der Waals surface area contributed by atoms with Gasteiger partial charge in [-0.15, -0.1) is 0 Å². The number of piperidine rings is 1. The molecule has 4 heterocycles. The summed E-state index contributed by atoms with van der Waals surface area (Å²) in [6.45, 7) is 7.51. The van der Waals surface area contributed by atoms with Gasteiger partial charge < -0.3 is 9.40 Å². The number of aromatic amines is 1. The van der Waals surface area contributed by atoms with Crippen LogP contribution in [0.2, 0.25) is 0 Å². The maximum atomic E-state index is 12.2. The van der Waals surface area contributed by atoms with Crippen LogP contribution >= 0.6 is 0 Å². The molecule has 6 nitrogen and oxygen atoms in total. The SMILES string of the molecule is Cc1[nH]c(/C=C2/C(=O)NN=C2c2ccco2)c(C)c1CN1CCCCC1. The lowest BCUT2D eigenvalue weighted by molar-refractivity contribution is -0.116. The molecule has 6 heteroatoms. The molecule has 0 radical (unpaired) electrons. The van der Waals surface area contributed by atoms with Gasteiger partial charge in [0.05, 0.1) is 11.8 Å². The lowest BCUT2D eigenvalue weighted by Gasteiger charge is -2.26. The molecule has 0 bridgehead atoms. The van der Waals surface area contributed by atoms with Gasteiger partial charge in [0, 0.05) is 17.9 Å². The molecule has 4 rings (SSSR count). The summed E-state index contributed by atoms with van der Waals surface area (Å²) in [6, 6.07) is 3.60. The van der Waals surface area contributed by atoms with E-state index >= 15 is 0 Å². The van der Waals surface area contributed by atoms with E-state index in [0.29, 0.717) is 17.0 Å². The van der Waals surface area contributed by atoms with Gasteiger partial charge in [0.1, 0.15) is 5.71 Å². The van der Waals surface area contributed by atoms with Crippen molar-refractivity contribution in [2.75, 3.05) is 13.1 Å². The van der Waals surface area contributed by atoms with Crippen LogP contribution in [0.4, 0.5) is 0 Å². The molecule has 0 atom stereocenters. The van der Waals surface area contributed by atoms with Crippen LogP contribution < -0.4 is 5.43 Å². The topological polar surface area (TPSA) is 73.6 Å². The number of aryl methyl sites for hydroxylation is 1. The fraction of sp³-hybridized carbons (Fsp3) is 0.400. The fourth-order valence-electron chi connectivity index (χ4n) is 3.75. The third kappa shape index (κ3) is 3.12. The van der Waals surface area contributed by atoms with Crippen LogP contribution in [0, 0.1) is 13.8 Å². The molecule has 0 spiro atoms. The lowest BCUT2D eigenvalue weighted by atomic mass is 10.0. The zero-order valence-electron chi connectivity index (χ0n) is 15.3. The summed E-state index contributed by atoms with van der Waals surface area (Å²) in [6.07, 6.45) is 7.36. The number of likely N-dealkylation sites (tertiary alicyclic amines) is 1. The average Bonchev–Trinajstić information content (AvgIpc) is 3.34. The smallest absolute Gasteiger partial charge is 0.273 e. The van der Waals surface area contributed by atoms with E-state index in [1.165, 1.54) is 30.4 Å². The molecule has 0 aliphatic carbocycles. The summed E-state index contributed by atoms with van der Waals surface area (Å²) in [7, 11) is 0. The standard InChI is InChI=1S/C20H24N4O2/c1-13-16(12-24-8-4-3-5-9-24)14(2)21-17(13)11-15-19(22-23-20(15)25)18-7-6-10-26-18/h6-7,10-11,21H,3-5,8-9,12H2,1-2H3,(H,23,25)/b15-11+. The Bertz CT molecular complexity index is 868. The Labute approximate surface area is 153 Å². The first-order chi connectivity index (χ1) is 12.6. The molecule has 2 aliphatic heterocycles. The van der Waals surface area contributed by atoms with Crippen LogP contribution in [0.5, 0.6) is 0 Å². The minimum Gasteiger partial charge on any atom is -0.463 e. The van der Waals surface area contributed by atoms with Gasteiger partial charge in [0.15, 0.2) is 5.76 Å². The van der Waals surface area contributed by atoms with E-state index in [1.807, 2.05) is 12.1 Å². The number of nitrogens with one attached hydrogen (secondary N) is 2. The molecule has 2 aromatic rings. The number of aromatic nitrogens is 1. The Hall–Kier alpha value is -2.60. The zero-order chi connectivity index (χ0) is 18.1. The molecule has 136 valence electrons. The molecule has 1 fully saturated rings. The molecule has 2 aromatic heterocycles. The maximum absolute atomic E-state index is 12.2. The minimum absolute atomic E-state index is 0.208. The number of rotatable bonds is 4. The summed E-state index contributed by atoms with van der Waals surface area (Å²) in [5.74, 6) is 0.379. The Morgan fingerprint density at radius 3 is 2.81 bits per heavy atom. The number of hydrogen-bond acceptors (Lipinski definition) is 4. The molecule has 2 N–H and O–H groups in total. The molecule has 2 aliphatic rings. The van der Waals surface area contributed by atoms with Crippen molar-refractivity contribution in [3.63, 3.8) is 0 Å². The molecule has 0 unspecified atom stereocenters. The van der Waals surface area contributed by atoms with Gasteiger partial charge in [-0.1, -0.05) is 6.42 Å². The number of hydrazone groups is 1. The molecule has 26 heavy (non-hydrogen) atoms. The first kappa shape index (κ1) is 16.8. The highest BCUT2D eigenvalue weighted by Gasteiger charge is 2.26. The molecule has 1 saturated heterocycles. The van der Waals surface area contributed by atoms with Crippen molar-refractivity contribution in [3.8, 4) is 0 Å². The van der Waals surface area contributed by atoms with Crippen molar-refractivity contribution in [2.24, 2.45) is 5.10 Å². The van der Waals surface area contributed by atoms with Crippen LogP contribution in [0.15, 0.2) is 33.5 Å². The van der Waals surface area contributed by atoms with Gasteiger partial charge in [-0.3, -0.25) is 9.69 Å². The second kappa shape index (κ2) is 6.96. The van der Waals surface area contributed by atoms with Crippen LogP contribution in [0.25, 0.3) is 6.08 Å². The lowest BCUT2D eigenvalue weighted by Crippen LogP contribution is -2.29. The third-order valence-electron chi connectivity index (χ3n) is 5.27. The van der Waals surface area contributed by atoms with Crippen molar-refractivity contribution in [1.29, 1.82) is 0 Å². The third-order valence-corrected chi connectivity index (χ3v) is 5.27. The summed E-state index contributed by atoms with van der Waals surface area (Å²) < 4.78 is 5.41. The first-order valence-corrected chi connectivity index (χ1v) is 9.18. The minimum atomic E-state index is -0.208. The number of H-pyrrole nitrogens is 1. The van der Waals surface area contributed by atoms with E-state index in [1.54, 1.807) is 12.3 Å². The largest absolute Gasteiger partial charge is 0.463 e. The van der Waals surface area contributed by atoms with Crippen LogP contribution in [0.1, 0.15) is 47.5 Å². The zero-order valence-corrected chi connectivity index (χ0v) is 15.3. The predicted molar refractivity (Wildman–Crippen MR) is 101 cm³/mol. The number of amides is 1. The average molecular weight is 352 g/mol. The van der Waals surface area contributed by atoms with E-state index < -0.39 is 0 Å². The quantitative estimate of drug-likeness (QED) is 0.830. The highest BCUT2D eigenvalue weighted by Crippen LogP contribution is 2.25. The highest BCUT2D eigenvalue weighted by atomic mass is 16.3. The monoisotopic (exact) mass is 352 g/mol. The Morgan fingerprint density at radius 1 is 1.27 bits per heavy atom. The Morgan fingerprint density at radius 2 is 2.08 bits per heavy atom. The van der Waals surface area contributed by atoms with E-state index in [-0.39, 0.29) is 5.91 Å². The van der Waals surface area contributed by atoms with Gasteiger partial charge in [0.2, 0.25) is 0 Å². The van der Waals surface area contributed by atoms with Crippen LogP contribution in [-0.4, -0.2) is 34.6 Å². The fourth-order valence-corrected chi connectivity index (χ4v) is 3.75. The van der Waals surface area contributed by atoms with Crippen molar-refractivity contribution < 1.29 is 9.21 Å². The predicted octanol–water partition coefficient (Wildman–Crippen LogP) is 3.13. The maximum Gasteiger partial charge on any atom is 0.273 e. The molecule has 0 aromatic carbocycles. The Balaban J connectivity index is 1.63. The van der Waals surface area contributed by atoms with Crippen LogP contribution in [-0.2, 0) is 11.3 Å². The van der Waals surface area contributed by atoms with Gasteiger partial charge in [-0.2, -0.15) is 5.10 Å². The van der Waals surface area contributed by atoms with E-state index in [9.17, 15) is 4.79 Å². The number of nitrogens with zero attached hydrogens (tertiary/aromatic N) is 2. The van der Waals surface area contributed by atoms with E-state index in [0.717, 1.165) is 31.0 Å². The number of furan rings is 1. The van der Waals surface area contributed by atoms with Gasteiger partial charge in [-0.05, 0) is 69.1 Å². The van der Waals surface area contributed by atoms with Crippen molar-refractivity contribution in [3.05, 3.63) is 52.2 Å². The van der Waals surface area contributed by atoms with Gasteiger partial charge in [-0.25, -0.2) is 5.43 Å². The van der Waals surface area contributed by atoms with Crippen molar-refractivity contribution >= 4 is 17.7 Å². The van der Waals surface area contributed by atoms with Crippen molar-refractivity contribution in [2.45, 2.75) is 39.7 Å². The second-order valence-corrected chi connectivity index (χ2v) is 7.04. The number of carbonyl (C=O) groups is 1. The number of carbonyl (C=O) groups excluding carboxylic acids is 1. The van der Waals surface area contributed by atoms with E-state index in [2.05, 4.69) is 34.3 Å². The molecular formula is C20H24N4O2. The molecular weight excluding hydrogens is 328 g/mol. The highest BCUT2D eigenvalue weighted by molar-refractivity contribution is 6.32. The van der Waals surface area contributed by atoms with Crippen molar-refractivity contribution in [1.82, 2.24) is 15.3 Å². The molecule has 1 amide bonds. The Kier molecular flexibility index (Phi) is 4.51. The number of hydrogen-bond donors (Lipinski definition) is 2. The molecule has 0 saturated carbocycles. The summed E-state index contributed by atoms with van der Waals surface area (Å²) in [4.78, 5) is 18.2.